The number of carbonyl (C=O) groups excluding carboxylic acids is 2. The van der Waals surface area contributed by atoms with E-state index in [0.29, 0.717) is 16.6 Å². The molecule has 1 N–H and O–H groups in total. The van der Waals surface area contributed by atoms with Gasteiger partial charge in [-0.05, 0) is 26.8 Å². The van der Waals surface area contributed by atoms with E-state index >= 15 is 0 Å². The molecule has 1 aromatic heterocycles. The number of ether oxygens (including phenoxy) is 1. The standard InChI is InChI=1S/C19H21ClN4O3S/c1-19(2,3)27-18(26)23-8-9-24(12(10-21)11-23)17(25)22-16-15(20)13-6-4-5-7-14(13)28-16/h4-7,12H,8-9,11H2,1-3H3,(H,22,25). The zero-order valence-electron chi connectivity index (χ0n) is 15.9. The first-order chi connectivity index (χ1) is 13.2. The number of piperazine rings is 1. The molecule has 1 unspecified atom stereocenters. The van der Waals surface area contributed by atoms with Crippen molar-refractivity contribution < 1.29 is 14.3 Å². The van der Waals surface area contributed by atoms with Gasteiger partial charge >= 0.3 is 12.1 Å². The maximum Gasteiger partial charge on any atom is 0.410 e. The van der Waals surface area contributed by atoms with E-state index in [1.807, 2.05) is 24.3 Å². The minimum Gasteiger partial charge on any atom is -0.444 e. The number of hydrogen-bond acceptors (Lipinski definition) is 5. The lowest BCUT2D eigenvalue weighted by Crippen LogP contribution is -2.57. The number of carbonyl (C=O) groups is 2. The van der Waals surface area contributed by atoms with E-state index in [9.17, 15) is 14.9 Å². The third-order valence-corrected chi connectivity index (χ3v) is 5.79. The van der Waals surface area contributed by atoms with Crippen LogP contribution < -0.4 is 5.32 Å². The Bertz CT molecular complexity index is 947. The molecular formula is C19H21ClN4O3S. The van der Waals surface area contributed by atoms with Crippen LogP contribution in [-0.2, 0) is 4.74 Å². The van der Waals surface area contributed by atoms with Crippen LogP contribution in [0.15, 0.2) is 24.3 Å². The third kappa shape index (κ3) is 4.32. The van der Waals surface area contributed by atoms with Crippen LogP contribution in [0.1, 0.15) is 20.8 Å². The van der Waals surface area contributed by atoms with Gasteiger partial charge in [0.2, 0.25) is 0 Å². The van der Waals surface area contributed by atoms with Gasteiger partial charge in [-0.25, -0.2) is 9.59 Å². The fourth-order valence-electron chi connectivity index (χ4n) is 2.89. The van der Waals surface area contributed by atoms with Crippen LogP contribution in [0.4, 0.5) is 14.6 Å². The highest BCUT2D eigenvalue weighted by atomic mass is 35.5. The lowest BCUT2D eigenvalue weighted by atomic mass is 10.2. The predicted molar refractivity (Wildman–Crippen MR) is 110 cm³/mol. The highest BCUT2D eigenvalue weighted by Crippen LogP contribution is 2.39. The summed E-state index contributed by atoms with van der Waals surface area (Å²) in [6.45, 7) is 5.97. The molecule has 28 heavy (non-hydrogen) atoms. The molecule has 148 valence electrons. The van der Waals surface area contributed by atoms with E-state index in [1.54, 1.807) is 20.8 Å². The van der Waals surface area contributed by atoms with Gasteiger partial charge in [0.1, 0.15) is 16.6 Å². The van der Waals surface area contributed by atoms with Crippen molar-refractivity contribution in [3.05, 3.63) is 29.3 Å². The zero-order chi connectivity index (χ0) is 20.5. The Hall–Kier alpha value is -2.50. The number of benzene rings is 1. The summed E-state index contributed by atoms with van der Waals surface area (Å²) in [7, 11) is 0. The molecular weight excluding hydrogens is 400 g/mol. The minimum absolute atomic E-state index is 0.0962. The van der Waals surface area contributed by atoms with Crippen LogP contribution in [0.5, 0.6) is 0 Å². The van der Waals surface area contributed by atoms with Crippen molar-refractivity contribution in [3.8, 4) is 6.07 Å². The topological polar surface area (TPSA) is 85.7 Å². The molecule has 2 aromatic rings. The number of amides is 3. The molecule has 1 aliphatic rings. The van der Waals surface area contributed by atoms with Gasteiger partial charge in [-0.3, -0.25) is 5.32 Å². The summed E-state index contributed by atoms with van der Waals surface area (Å²) in [6.07, 6.45) is -0.486. The quantitative estimate of drug-likeness (QED) is 0.734. The lowest BCUT2D eigenvalue weighted by Gasteiger charge is -2.38. The second-order valence-electron chi connectivity index (χ2n) is 7.44. The summed E-state index contributed by atoms with van der Waals surface area (Å²) in [5, 5.41) is 14.2. The number of urea groups is 1. The van der Waals surface area contributed by atoms with Gasteiger partial charge in [0, 0.05) is 23.2 Å². The van der Waals surface area contributed by atoms with Crippen molar-refractivity contribution >= 4 is 50.1 Å². The molecule has 0 saturated carbocycles. The molecule has 0 bridgehead atoms. The van der Waals surface area contributed by atoms with Gasteiger partial charge in [-0.1, -0.05) is 29.8 Å². The van der Waals surface area contributed by atoms with Gasteiger partial charge in [-0.2, -0.15) is 5.26 Å². The second-order valence-corrected chi connectivity index (χ2v) is 8.87. The summed E-state index contributed by atoms with van der Waals surface area (Å²) >= 11 is 7.76. The first-order valence-electron chi connectivity index (χ1n) is 8.82. The van der Waals surface area contributed by atoms with E-state index in [-0.39, 0.29) is 13.1 Å². The van der Waals surface area contributed by atoms with Crippen LogP contribution in [0, 0.1) is 11.3 Å². The number of rotatable bonds is 1. The Morgan fingerprint density at radius 3 is 2.68 bits per heavy atom. The number of nitriles is 1. The third-order valence-electron chi connectivity index (χ3n) is 4.20. The Morgan fingerprint density at radius 2 is 2.04 bits per heavy atom. The van der Waals surface area contributed by atoms with Gasteiger partial charge in [0.05, 0.1) is 17.6 Å². The van der Waals surface area contributed by atoms with E-state index in [1.165, 1.54) is 21.1 Å². The van der Waals surface area contributed by atoms with Gasteiger partial charge in [-0.15, -0.1) is 11.3 Å². The summed E-state index contributed by atoms with van der Waals surface area (Å²) in [4.78, 5) is 27.9. The highest BCUT2D eigenvalue weighted by Gasteiger charge is 2.34. The van der Waals surface area contributed by atoms with Gasteiger partial charge in [0.25, 0.3) is 0 Å². The number of nitrogens with zero attached hydrogens (tertiary/aromatic N) is 3. The van der Waals surface area contributed by atoms with E-state index < -0.39 is 23.8 Å². The molecule has 1 aromatic carbocycles. The number of fused-ring (bicyclic) bond motifs is 1. The Labute approximate surface area is 172 Å². The van der Waals surface area contributed by atoms with Gasteiger partial charge < -0.3 is 14.5 Å². The average Bonchev–Trinajstić information content (AvgIpc) is 2.95. The van der Waals surface area contributed by atoms with Crippen LogP contribution in [0.25, 0.3) is 10.1 Å². The zero-order valence-corrected chi connectivity index (χ0v) is 17.4. The highest BCUT2D eigenvalue weighted by molar-refractivity contribution is 7.23. The van der Waals surface area contributed by atoms with Gasteiger partial charge in [0.15, 0.2) is 0 Å². The number of hydrogen-bond donors (Lipinski definition) is 1. The predicted octanol–water partition coefficient (Wildman–Crippen LogP) is 4.53. The second kappa shape index (κ2) is 7.86. The molecule has 1 fully saturated rings. The first-order valence-corrected chi connectivity index (χ1v) is 10.0. The number of nitrogens with one attached hydrogen (secondary N) is 1. The van der Waals surface area contributed by atoms with Crippen molar-refractivity contribution in [1.82, 2.24) is 9.80 Å². The molecule has 9 heteroatoms. The summed E-state index contributed by atoms with van der Waals surface area (Å²) < 4.78 is 6.32. The molecule has 0 aliphatic carbocycles. The summed E-state index contributed by atoms with van der Waals surface area (Å²) in [6, 6.07) is 8.52. The molecule has 1 atom stereocenters. The molecule has 1 saturated heterocycles. The molecule has 0 radical (unpaired) electrons. The average molecular weight is 421 g/mol. The molecule has 2 heterocycles. The van der Waals surface area contributed by atoms with Crippen LogP contribution >= 0.6 is 22.9 Å². The normalized spacial score (nSPS) is 17.3. The van der Waals surface area contributed by atoms with Crippen LogP contribution in [0.3, 0.4) is 0 Å². The maximum absolute atomic E-state index is 12.7. The van der Waals surface area contributed by atoms with Crippen molar-refractivity contribution in [3.63, 3.8) is 0 Å². The number of anilines is 1. The number of halogens is 1. The molecule has 0 spiro atoms. The molecule has 3 amide bonds. The molecule has 7 nitrogen and oxygen atoms in total. The fraction of sp³-hybridized carbons (Fsp3) is 0.421. The molecule has 3 rings (SSSR count). The van der Waals surface area contributed by atoms with E-state index in [4.69, 9.17) is 16.3 Å². The first kappa shape index (κ1) is 20.2. The minimum atomic E-state index is -0.769. The lowest BCUT2D eigenvalue weighted by molar-refractivity contribution is 0.0136. The fourth-order valence-corrected chi connectivity index (χ4v) is 4.26. The van der Waals surface area contributed by atoms with Crippen LogP contribution in [-0.4, -0.2) is 53.2 Å². The van der Waals surface area contributed by atoms with E-state index in [2.05, 4.69) is 11.4 Å². The maximum atomic E-state index is 12.7. The Morgan fingerprint density at radius 1 is 1.32 bits per heavy atom. The SMILES string of the molecule is CC(C)(C)OC(=O)N1CCN(C(=O)Nc2sc3ccccc3c2Cl)C(C#N)C1. The van der Waals surface area contributed by atoms with Crippen molar-refractivity contribution in [2.45, 2.75) is 32.4 Å². The largest absolute Gasteiger partial charge is 0.444 e. The molecule has 1 aliphatic heterocycles. The summed E-state index contributed by atoms with van der Waals surface area (Å²) in [5.74, 6) is 0. The summed E-state index contributed by atoms with van der Waals surface area (Å²) in [5.41, 5.74) is -0.619. The van der Waals surface area contributed by atoms with E-state index in [0.717, 1.165) is 10.1 Å². The Balaban J connectivity index is 1.69. The van der Waals surface area contributed by atoms with Crippen molar-refractivity contribution in [2.24, 2.45) is 0 Å². The smallest absolute Gasteiger partial charge is 0.410 e. The Kier molecular flexibility index (Phi) is 5.68. The van der Waals surface area contributed by atoms with Crippen molar-refractivity contribution in [1.29, 1.82) is 5.26 Å². The monoisotopic (exact) mass is 420 g/mol. The van der Waals surface area contributed by atoms with Crippen LogP contribution in [0.2, 0.25) is 5.02 Å². The number of thiophene rings is 1. The van der Waals surface area contributed by atoms with Crippen molar-refractivity contribution in [2.75, 3.05) is 25.0 Å².